The Morgan fingerprint density at radius 1 is 1.12 bits per heavy atom. The molecule has 146 valence electrons. The lowest BCUT2D eigenvalue weighted by Gasteiger charge is -2.38. The Kier molecular flexibility index (Phi) is 6.92. The van der Waals surface area contributed by atoms with Gasteiger partial charge in [-0.05, 0) is 56.3 Å². The highest BCUT2D eigenvalue weighted by atomic mass is 16.3. The smallest absolute Gasteiger partial charge is 0.0558 e. The Morgan fingerprint density at radius 2 is 1.85 bits per heavy atom. The zero-order valence-corrected chi connectivity index (χ0v) is 16.3. The van der Waals surface area contributed by atoms with E-state index in [1.54, 1.807) is 0 Å². The van der Waals surface area contributed by atoms with Crippen molar-refractivity contribution in [1.29, 1.82) is 0 Å². The van der Waals surface area contributed by atoms with E-state index in [2.05, 4.69) is 52.9 Å². The van der Waals surface area contributed by atoms with E-state index in [1.807, 2.05) is 0 Å². The Balaban J connectivity index is 1.53. The molecule has 2 atom stereocenters. The van der Waals surface area contributed by atoms with Gasteiger partial charge in [0.1, 0.15) is 0 Å². The van der Waals surface area contributed by atoms with Crippen LogP contribution in [-0.4, -0.2) is 85.6 Å². The molecule has 3 rings (SSSR count). The number of aryl methyl sites for hydroxylation is 1. The summed E-state index contributed by atoms with van der Waals surface area (Å²) in [6.07, 6.45) is 2.40. The van der Waals surface area contributed by atoms with Gasteiger partial charge in [-0.15, -0.1) is 0 Å². The van der Waals surface area contributed by atoms with Gasteiger partial charge < -0.3 is 20.0 Å². The van der Waals surface area contributed by atoms with Gasteiger partial charge in [-0.25, -0.2) is 0 Å². The molecule has 26 heavy (non-hydrogen) atoms. The van der Waals surface area contributed by atoms with Crippen LogP contribution in [0.25, 0.3) is 0 Å². The third-order valence-electron chi connectivity index (χ3n) is 6.21. The number of hydrogen-bond acceptors (Lipinski definition) is 5. The summed E-state index contributed by atoms with van der Waals surface area (Å²) in [5.74, 6) is 0.872. The lowest BCUT2D eigenvalue weighted by molar-refractivity contribution is 0.160. The van der Waals surface area contributed by atoms with E-state index in [1.165, 1.54) is 24.1 Å². The minimum absolute atomic E-state index is 0.203. The van der Waals surface area contributed by atoms with Gasteiger partial charge in [-0.3, -0.25) is 4.90 Å². The van der Waals surface area contributed by atoms with E-state index >= 15 is 0 Å². The molecule has 0 unspecified atom stereocenters. The fourth-order valence-electron chi connectivity index (χ4n) is 4.66. The predicted octanol–water partition coefficient (Wildman–Crippen LogP) is 1.43. The molecule has 2 N–H and O–H groups in total. The SMILES string of the molecule is Cc1cccc(N2CCC(N3C[C@@H](CN(C)CCO)[C@@H](CO)C3)CC2)c1. The van der Waals surface area contributed by atoms with Crippen LogP contribution in [-0.2, 0) is 0 Å². The summed E-state index contributed by atoms with van der Waals surface area (Å²) in [5.41, 5.74) is 2.67. The number of piperidine rings is 1. The van der Waals surface area contributed by atoms with Gasteiger partial charge in [0.2, 0.25) is 0 Å². The van der Waals surface area contributed by atoms with Crippen LogP contribution >= 0.6 is 0 Å². The Bertz CT molecular complexity index is 560. The number of benzene rings is 1. The number of aliphatic hydroxyl groups excluding tert-OH is 2. The highest BCUT2D eigenvalue weighted by Gasteiger charge is 2.37. The summed E-state index contributed by atoms with van der Waals surface area (Å²) >= 11 is 0. The van der Waals surface area contributed by atoms with Crippen molar-refractivity contribution in [1.82, 2.24) is 9.80 Å². The van der Waals surface area contributed by atoms with E-state index in [-0.39, 0.29) is 13.2 Å². The second kappa shape index (κ2) is 9.18. The normalized spacial score (nSPS) is 25.3. The van der Waals surface area contributed by atoms with Gasteiger partial charge in [-0.1, -0.05) is 12.1 Å². The number of rotatable bonds is 7. The molecular formula is C21H35N3O2. The van der Waals surface area contributed by atoms with E-state index in [0.717, 1.165) is 32.7 Å². The van der Waals surface area contributed by atoms with Crippen molar-refractivity contribution in [2.24, 2.45) is 11.8 Å². The minimum atomic E-state index is 0.203. The summed E-state index contributed by atoms with van der Waals surface area (Å²) in [7, 11) is 2.06. The predicted molar refractivity (Wildman–Crippen MR) is 107 cm³/mol. The maximum Gasteiger partial charge on any atom is 0.0558 e. The third-order valence-corrected chi connectivity index (χ3v) is 6.21. The highest BCUT2D eigenvalue weighted by molar-refractivity contribution is 5.48. The monoisotopic (exact) mass is 361 g/mol. The van der Waals surface area contributed by atoms with Gasteiger partial charge in [0.05, 0.1) is 6.61 Å². The zero-order valence-electron chi connectivity index (χ0n) is 16.3. The van der Waals surface area contributed by atoms with Gasteiger partial charge in [0, 0.05) is 57.6 Å². The average molecular weight is 362 g/mol. The molecule has 0 aliphatic carbocycles. The van der Waals surface area contributed by atoms with Crippen LogP contribution in [0.5, 0.6) is 0 Å². The van der Waals surface area contributed by atoms with Crippen molar-refractivity contribution in [2.75, 3.05) is 64.4 Å². The van der Waals surface area contributed by atoms with E-state index in [0.29, 0.717) is 24.4 Å². The first-order valence-corrected chi connectivity index (χ1v) is 10.1. The lowest BCUT2D eigenvalue weighted by atomic mass is 9.96. The molecule has 1 aromatic rings. The second-order valence-corrected chi connectivity index (χ2v) is 8.20. The molecule has 2 saturated heterocycles. The Morgan fingerprint density at radius 3 is 2.50 bits per heavy atom. The highest BCUT2D eigenvalue weighted by Crippen LogP contribution is 2.30. The summed E-state index contributed by atoms with van der Waals surface area (Å²) in [6.45, 7) is 8.63. The van der Waals surface area contributed by atoms with Crippen molar-refractivity contribution in [3.05, 3.63) is 29.8 Å². The zero-order chi connectivity index (χ0) is 18.5. The first-order chi connectivity index (χ1) is 12.6. The molecule has 2 heterocycles. The van der Waals surface area contributed by atoms with Crippen molar-refractivity contribution in [3.63, 3.8) is 0 Å². The number of nitrogens with zero attached hydrogens (tertiary/aromatic N) is 3. The van der Waals surface area contributed by atoms with E-state index in [4.69, 9.17) is 5.11 Å². The molecule has 0 spiro atoms. The number of likely N-dealkylation sites (N-methyl/N-ethyl adjacent to an activating group) is 1. The van der Waals surface area contributed by atoms with Crippen molar-refractivity contribution >= 4 is 5.69 Å². The van der Waals surface area contributed by atoms with Crippen LogP contribution in [0.4, 0.5) is 5.69 Å². The van der Waals surface area contributed by atoms with Crippen LogP contribution in [0.15, 0.2) is 24.3 Å². The van der Waals surface area contributed by atoms with Gasteiger partial charge in [-0.2, -0.15) is 0 Å². The van der Waals surface area contributed by atoms with Crippen molar-refractivity contribution in [2.45, 2.75) is 25.8 Å². The maximum atomic E-state index is 9.81. The van der Waals surface area contributed by atoms with Crippen LogP contribution in [0.2, 0.25) is 0 Å². The molecule has 0 amide bonds. The molecule has 1 aromatic carbocycles. The van der Waals surface area contributed by atoms with E-state index < -0.39 is 0 Å². The van der Waals surface area contributed by atoms with Crippen molar-refractivity contribution in [3.8, 4) is 0 Å². The summed E-state index contributed by atoms with van der Waals surface area (Å²) in [5, 5.41) is 18.9. The molecular weight excluding hydrogens is 326 g/mol. The molecule has 2 aliphatic heterocycles. The number of hydrogen-bond donors (Lipinski definition) is 2. The minimum Gasteiger partial charge on any atom is -0.396 e. The number of aliphatic hydroxyl groups is 2. The lowest BCUT2D eigenvalue weighted by Crippen LogP contribution is -2.44. The molecule has 2 aliphatic rings. The van der Waals surface area contributed by atoms with Gasteiger partial charge in [0.15, 0.2) is 0 Å². The molecule has 5 nitrogen and oxygen atoms in total. The summed E-state index contributed by atoms with van der Waals surface area (Å²) < 4.78 is 0. The third kappa shape index (κ3) is 4.77. The first kappa shape index (κ1) is 19.6. The Hall–Kier alpha value is -1.14. The molecule has 0 radical (unpaired) electrons. The van der Waals surface area contributed by atoms with Crippen molar-refractivity contribution < 1.29 is 10.2 Å². The largest absolute Gasteiger partial charge is 0.396 e. The molecule has 0 aromatic heterocycles. The molecule has 5 heteroatoms. The quantitative estimate of drug-likeness (QED) is 0.769. The van der Waals surface area contributed by atoms with Crippen LogP contribution in [0.1, 0.15) is 18.4 Å². The molecule has 2 fully saturated rings. The summed E-state index contributed by atoms with van der Waals surface area (Å²) in [4.78, 5) is 7.32. The Labute approximate surface area is 158 Å². The van der Waals surface area contributed by atoms with Crippen LogP contribution in [0, 0.1) is 18.8 Å². The molecule has 0 bridgehead atoms. The van der Waals surface area contributed by atoms with Gasteiger partial charge in [0.25, 0.3) is 0 Å². The second-order valence-electron chi connectivity index (χ2n) is 8.20. The molecule has 0 saturated carbocycles. The standard InChI is InChI=1S/C21H35N3O2/c1-17-4-3-5-21(12-17)23-8-6-20(7-9-23)24-14-18(19(15-24)16-26)13-22(2)10-11-25/h3-5,12,18-20,25-26H,6-11,13-16H2,1-2H3/t18-,19-/m1/s1. The fraction of sp³-hybridized carbons (Fsp3) is 0.714. The number of likely N-dealkylation sites (tertiary alicyclic amines) is 1. The van der Waals surface area contributed by atoms with Crippen LogP contribution in [0.3, 0.4) is 0 Å². The topological polar surface area (TPSA) is 50.2 Å². The maximum absolute atomic E-state index is 9.81. The fourth-order valence-corrected chi connectivity index (χ4v) is 4.66. The summed E-state index contributed by atoms with van der Waals surface area (Å²) in [6, 6.07) is 9.45. The van der Waals surface area contributed by atoms with E-state index in [9.17, 15) is 5.11 Å². The number of anilines is 1. The van der Waals surface area contributed by atoms with Gasteiger partial charge >= 0.3 is 0 Å². The van der Waals surface area contributed by atoms with Crippen LogP contribution < -0.4 is 4.90 Å². The average Bonchev–Trinajstić information content (AvgIpc) is 3.05. The first-order valence-electron chi connectivity index (χ1n) is 10.1.